The maximum atomic E-state index is 13.2. The molecule has 0 saturated carbocycles. The van der Waals surface area contributed by atoms with Crippen molar-refractivity contribution in [2.24, 2.45) is 40.9 Å². The molecule has 40 nitrogen and oxygen atoms in total. The summed E-state index contributed by atoms with van der Waals surface area (Å²) in [6, 6.07) is 9.16. The summed E-state index contributed by atoms with van der Waals surface area (Å²) in [5, 5.41) is 107. The number of fused-ring (bicyclic) bond motifs is 2. The molecule has 0 amide bonds. The minimum Gasteiger partial charge on any atom is -0.505 e. The van der Waals surface area contributed by atoms with Crippen LogP contribution in [-0.2, 0) is 60.0 Å². The second-order valence-electron chi connectivity index (χ2n) is 17.2. The number of aromatic hydroxyl groups is 3. The fourth-order valence-corrected chi connectivity index (χ4v) is 11.7. The van der Waals surface area contributed by atoms with E-state index in [1.54, 1.807) is 0 Å². The predicted octanol–water partition coefficient (Wildman–Crippen LogP) is 9.06. The number of phenolic OH excluding ortho intramolecular Hbond substituents is 2. The number of nitrogens with two attached hydrogens (primary N) is 1. The SMILES string of the molecule is [C-]#[N+]c1nn(-c2cc(S(=O)(=O)O)ccc2C(=O)O)c(O)c1N=Nc1cc(N=Nc2c(S(=O)(=O)O)cc3c(S(=O)(=O)O)c(N=Nc4cc(S(=O)(=O)O)c5cc(SOOO)c(N=Nc6ccc([N+](=O)[O-])cc6C(=O)O)c(O)c5c4N)ccc3c2O)ccc1S(=O)(=O)O. The Kier molecular flexibility index (Phi) is 17.6. The van der Waals surface area contributed by atoms with Gasteiger partial charge in [-0.1, -0.05) is 11.6 Å². The van der Waals surface area contributed by atoms with Crippen molar-refractivity contribution in [3.05, 3.63) is 118 Å². The Balaban J connectivity index is 1.24. The van der Waals surface area contributed by atoms with Crippen LogP contribution >= 0.6 is 12.0 Å². The Morgan fingerprint density at radius 2 is 1.20 bits per heavy atom. The average molecular weight is 1360 g/mol. The molecule has 7 aromatic carbocycles. The number of anilines is 1. The first kappa shape index (κ1) is 65.5. The molecule has 0 aliphatic carbocycles. The lowest BCUT2D eigenvalue weighted by atomic mass is 10.0. The number of carbonyl (C=O) groups is 2. The molecule has 90 heavy (non-hydrogen) atoms. The molecule has 8 rings (SSSR count). The van der Waals surface area contributed by atoms with Crippen LogP contribution in [0.2, 0.25) is 0 Å². The second-order valence-corrected chi connectivity index (χ2v) is 24.9. The molecule has 0 atom stereocenters. The minimum atomic E-state index is -5.75. The van der Waals surface area contributed by atoms with Gasteiger partial charge >= 0.3 is 17.8 Å². The Morgan fingerprint density at radius 1 is 0.600 bits per heavy atom. The van der Waals surface area contributed by atoms with Gasteiger partial charge in [0.15, 0.2) is 17.2 Å². The lowest BCUT2D eigenvalue weighted by Crippen LogP contribution is -2.09. The Bertz CT molecular complexity index is 5270. The van der Waals surface area contributed by atoms with Gasteiger partial charge in [0.25, 0.3) is 56.3 Å². The normalized spacial score (nSPS) is 12.7. The zero-order valence-electron chi connectivity index (χ0n) is 42.9. The van der Waals surface area contributed by atoms with Crippen LogP contribution in [0.3, 0.4) is 0 Å². The molecule has 13 N–H and O–H groups in total. The van der Waals surface area contributed by atoms with Crippen molar-refractivity contribution in [3.63, 3.8) is 0 Å². The zero-order chi connectivity index (χ0) is 66.5. The van der Waals surface area contributed by atoms with Crippen LogP contribution in [0.15, 0.2) is 155 Å². The number of nitro benzene ring substituents is 1. The highest BCUT2D eigenvalue weighted by Crippen LogP contribution is 2.51. The highest BCUT2D eigenvalue weighted by molar-refractivity contribution is 7.94. The van der Waals surface area contributed by atoms with E-state index in [1.165, 1.54) is 0 Å². The van der Waals surface area contributed by atoms with E-state index in [1.807, 2.05) is 0 Å². The highest BCUT2D eigenvalue weighted by Gasteiger charge is 2.32. The first-order valence-corrected chi connectivity index (χ1v) is 30.7. The maximum Gasteiger partial charge on any atom is 0.338 e. The molecular weight excluding hydrogens is 1330 g/mol. The van der Waals surface area contributed by atoms with Crippen LogP contribution in [0.25, 0.3) is 32.1 Å². The van der Waals surface area contributed by atoms with Gasteiger partial charge < -0.3 is 36.1 Å². The van der Waals surface area contributed by atoms with Gasteiger partial charge in [-0.25, -0.2) is 14.8 Å². The van der Waals surface area contributed by atoms with Gasteiger partial charge in [0.2, 0.25) is 5.88 Å². The largest absolute Gasteiger partial charge is 0.505 e. The van der Waals surface area contributed by atoms with E-state index in [2.05, 4.69) is 60.2 Å². The third-order valence-electron chi connectivity index (χ3n) is 11.8. The number of nitrogens with zero attached hydrogens (tertiary/aromatic N) is 12. The van der Waals surface area contributed by atoms with Gasteiger partial charge in [-0.3, -0.25) is 32.9 Å². The van der Waals surface area contributed by atoms with Gasteiger partial charge in [-0.2, -0.15) is 57.4 Å². The monoisotopic (exact) mass is 1360 g/mol. The number of nitro groups is 1. The number of hydrogen-bond acceptors (Lipinski definition) is 31. The topological polar surface area (TPSA) is 636 Å². The van der Waals surface area contributed by atoms with E-state index in [-0.39, 0.29) is 16.7 Å². The lowest BCUT2D eigenvalue weighted by molar-refractivity contribution is -0.432. The minimum absolute atomic E-state index is 0.00739. The fourth-order valence-electron chi connectivity index (χ4n) is 7.98. The summed E-state index contributed by atoms with van der Waals surface area (Å²) in [5.74, 6) is -8.19. The number of aromatic carboxylic acids is 2. The van der Waals surface area contributed by atoms with Gasteiger partial charge in [-0.15, -0.1) is 34.6 Å². The molecule has 0 spiro atoms. The fraction of sp³-hybridized carbons (Fsp3) is 0. The number of carboxylic acids is 2. The van der Waals surface area contributed by atoms with Crippen molar-refractivity contribution in [3.8, 4) is 23.1 Å². The number of benzene rings is 7. The van der Waals surface area contributed by atoms with Crippen LogP contribution < -0.4 is 5.73 Å². The van der Waals surface area contributed by atoms with Gasteiger partial charge in [0, 0.05) is 28.3 Å². The number of phenols is 2. The molecule has 46 heteroatoms. The lowest BCUT2D eigenvalue weighted by Gasteiger charge is -2.15. The van der Waals surface area contributed by atoms with Crippen LogP contribution in [0, 0.1) is 16.7 Å². The van der Waals surface area contributed by atoms with E-state index >= 15 is 0 Å². The molecule has 0 aliphatic rings. The van der Waals surface area contributed by atoms with Crippen LogP contribution in [0.1, 0.15) is 20.7 Å². The van der Waals surface area contributed by atoms with E-state index in [9.17, 15) is 110 Å². The summed E-state index contributed by atoms with van der Waals surface area (Å²) in [6.07, 6.45) is 0. The number of hydrogen-bond donors (Lipinski definition) is 12. The molecule has 0 fully saturated rings. The Morgan fingerprint density at radius 3 is 1.79 bits per heavy atom. The van der Waals surface area contributed by atoms with Gasteiger partial charge in [-0.05, 0) is 77.9 Å². The van der Waals surface area contributed by atoms with Crippen LogP contribution in [0.4, 0.5) is 62.7 Å². The predicted molar refractivity (Wildman–Crippen MR) is 297 cm³/mol. The van der Waals surface area contributed by atoms with Crippen molar-refractivity contribution < 1.29 is 120 Å². The number of rotatable bonds is 20. The molecule has 0 unspecified atom stereocenters. The third kappa shape index (κ3) is 13.2. The maximum absolute atomic E-state index is 13.2. The van der Waals surface area contributed by atoms with Crippen molar-refractivity contribution in [2.45, 2.75) is 29.4 Å². The zero-order valence-corrected chi connectivity index (χ0v) is 47.8. The first-order valence-electron chi connectivity index (χ1n) is 22.7. The van der Waals surface area contributed by atoms with Crippen LogP contribution in [0.5, 0.6) is 17.4 Å². The highest BCUT2D eigenvalue weighted by atomic mass is 32.2. The quantitative estimate of drug-likeness (QED) is 0.00494. The molecule has 1 heterocycles. The van der Waals surface area contributed by atoms with E-state index in [0.717, 1.165) is 30.3 Å². The smallest absolute Gasteiger partial charge is 0.338 e. The summed E-state index contributed by atoms with van der Waals surface area (Å²) < 4.78 is 182. The number of non-ortho nitro benzene ring substituents is 1. The van der Waals surface area contributed by atoms with Gasteiger partial charge in [0.1, 0.15) is 59.4 Å². The molecule has 8 aromatic rings. The second kappa shape index (κ2) is 24.2. The Labute approximate surface area is 502 Å². The molecule has 0 radical (unpaired) electrons. The molecule has 1 aromatic heterocycles. The van der Waals surface area contributed by atoms with E-state index in [4.69, 9.17) is 17.6 Å². The number of aromatic nitrogens is 2. The summed E-state index contributed by atoms with van der Waals surface area (Å²) in [6.45, 7) is 7.52. The summed E-state index contributed by atoms with van der Waals surface area (Å²) >= 11 is -0.00739. The molecule has 0 aliphatic heterocycles. The number of nitrogen functional groups attached to an aromatic ring is 1. The van der Waals surface area contributed by atoms with Gasteiger partial charge in [0.05, 0.1) is 54.6 Å². The van der Waals surface area contributed by atoms with Crippen LogP contribution in [-0.4, -0.2) is 122 Å². The van der Waals surface area contributed by atoms with Crippen molar-refractivity contribution in [2.75, 3.05) is 5.73 Å². The summed E-state index contributed by atoms with van der Waals surface area (Å²) in [5.41, 5.74) is -4.52. The molecule has 466 valence electrons. The average Bonchev–Trinajstić information content (AvgIpc) is 0.880. The first-order chi connectivity index (χ1) is 41.9. The van der Waals surface area contributed by atoms with E-state index < -0.39 is 215 Å². The number of azo groups is 4. The standard InChI is InChI=1S/C44H27N13O27S6/c1-46-41-37(42(60)56(55-41)28-12-18(86(68,69)70)4-5-20(28)43(61)62)54-50-26-10-16(2-9-30(26)87(71,72)73)47-53-36-32(89(77,78)79)14-21-19(38(36)58)6-8-25(40(21)90(80,81)82)49-51-27-15-31(88(74,75)76)23-13-29(85-84-83-67)35(39(59)33(23)34(27)45)52-48-24-7-3-17(57(65)66)11-22(24)44(63)64/h2-15,58-60,67H,45H2,(H,61,62)(H,63,64)(H,68,69,70)(H,71,72,73)(H,74,75,76)(H,77,78,79)(H,80,81,82). The summed E-state index contributed by atoms with van der Waals surface area (Å²) in [7, 11) is -27.3. The third-order valence-corrected chi connectivity index (χ3v) is 16.9. The van der Waals surface area contributed by atoms with Crippen molar-refractivity contribution in [1.29, 1.82) is 0 Å². The Hall–Kier alpha value is -10.5. The summed E-state index contributed by atoms with van der Waals surface area (Å²) in [4.78, 5) is 30.7. The van der Waals surface area contributed by atoms with E-state index in [0.29, 0.717) is 54.6 Å². The van der Waals surface area contributed by atoms with Crippen molar-refractivity contribution in [1.82, 2.24) is 9.78 Å². The molecule has 0 bridgehead atoms. The molecular formula is C44H27N13O27S6. The molecule has 0 saturated heterocycles. The number of carboxylic acid groups (broad SMARTS) is 2. The van der Waals surface area contributed by atoms with Crippen molar-refractivity contribution >= 4 is 159 Å².